The van der Waals surface area contributed by atoms with E-state index < -0.39 is 0 Å². The van der Waals surface area contributed by atoms with E-state index in [9.17, 15) is 0 Å². The molecule has 0 radical (unpaired) electrons. The van der Waals surface area contributed by atoms with Crippen molar-refractivity contribution in [3.8, 4) is 18.1 Å². The largest absolute Gasteiger partial charge is 0.494 e. The van der Waals surface area contributed by atoms with Crippen LogP contribution in [0.3, 0.4) is 0 Å². The van der Waals surface area contributed by atoms with Crippen molar-refractivity contribution >= 4 is 0 Å². The molecule has 1 aromatic carbocycles. The highest BCUT2D eigenvalue weighted by atomic mass is 16.5. The molecule has 2 nitrogen and oxygen atoms in total. The molecule has 0 aliphatic rings. The lowest BCUT2D eigenvalue weighted by molar-refractivity contribution is 0.317. The van der Waals surface area contributed by atoms with Gasteiger partial charge in [-0.2, -0.15) is 0 Å². The highest BCUT2D eigenvalue weighted by Crippen LogP contribution is 2.12. The molecule has 0 heterocycles. The summed E-state index contributed by atoms with van der Waals surface area (Å²) >= 11 is 0. The Bertz CT molecular complexity index is 337. The maximum absolute atomic E-state index is 5.50. The van der Waals surface area contributed by atoms with Crippen molar-refractivity contribution in [3.63, 3.8) is 0 Å². The second-order valence-electron chi connectivity index (χ2n) is 3.76. The zero-order valence-corrected chi connectivity index (χ0v) is 9.99. The topological polar surface area (TPSA) is 21.3 Å². The monoisotopic (exact) mass is 217 g/mol. The second-order valence-corrected chi connectivity index (χ2v) is 3.76. The lowest BCUT2D eigenvalue weighted by Gasteiger charge is -2.08. The molecule has 1 unspecified atom stereocenters. The summed E-state index contributed by atoms with van der Waals surface area (Å²) in [5.41, 5.74) is 1.21. The summed E-state index contributed by atoms with van der Waals surface area (Å²) in [5, 5.41) is 3.23. The van der Waals surface area contributed by atoms with Crippen LogP contribution in [-0.2, 0) is 6.54 Å². The molecule has 2 heteroatoms. The van der Waals surface area contributed by atoms with Gasteiger partial charge < -0.3 is 4.74 Å². The average Bonchev–Trinajstić information content (AvgIpc) is 2.34. The first-order valence-electron chi connectivity index (χ1n) is 5.67. The van der Waals surface area contributed by atoms with Gasteiger partial charge in [0, 0.05) is 6.54 Å². The van der Waals surface area contributed by atoms with Gasteiger partial charge in [-0.15, -0.1) is 6.42 Å². The fourth-order valence-corrected chi connectivity index (χ4v) is 1.25. The number of rotatable bonds is 6. The van der Waals surface area contributed by atoms with E-state index >= 15 is 0 Å². The molecule has 86 valence electrons. The van der Waals surface area contributed by atoms with Crippen molar-refractivity contribution in [3.05, 3.63) is 29.8 Å². The number of benzene rings is 1. The number of hydrogen-bond donors (Lipinski definition) is 1. The molecule has 1 N–H and O–H groups in total. The van der Waals surface area contributed by atoms with Crippen LogP contribution in [0.2, 0.25) is 0 Å². The standard InChI is InChI=1S/C14H19NO/c1-4-10-16-14-8-6-13(7-9-14)11-15-12(3)5-2/h2,6-9,12,15H,4,10-11H2,1,3H3. The Labute approximate surface area is 98.0 Å². The van der Waals surface area contributed by atoms with Crippen molar-refractivity contribution in [2.75, 3.05) is 6.61 Å². The first-order valence-corrected chi connectivity index (χ1v) is 5.67. The number of terminal acetylenes is 1. The first kappa shape index (κ1) is 12.6. The summed E-state index contributed by atoms with van der Waals surface area (Å²) in [6.45, 7) is 5.63. The zero-order chi connectivity index (χ0) is 11.8. The molecule has 0 aromatic heterocycles. The van der Waals surface area contributed by atoms with E-state index in [4.69, 9.17) is 11.2 Å². The van der Waals surface area contributed by atoms with E-state index in [0.29, 0.717) is 0 Å². The quantitative estimate of drug-likeness (QED) is 0.739. The molecule has 16 heavy (non-hydrogen) atoms. The summed E-state index contributed by atoms with van der Waals surface area (Å²) in [7, 11) is 0. The van der Waals surface area contributed by atoms with Crippen molar-refractivity contribution in [2.45, 2.75) is 32.9 Å². The van der Waals surface area contributed by atoms with Crippen LogP contribution >= 0.6 is 0 Å². The summed E-state index contributed by atoms with van der Waals surface area (Å²) in [6, 6.07) is 8.21. The molecule has 1 aromatic rings. The second kappa shape index (κ2) is 6.92. The van der Waals surface area contributed by atoms with Crippen molar-refractivity contribution in [1.29, 1.82) is 0 Å². The predicted octanol–water partition coefficient (Wildman–Crippen LogP) is 2.59. The van der Waals surface area contributed by atoms with Crippen LogP contribution in [0.5, 0.6) is 5.75 Å². The van der Waals surface area contributed by atoms with Crippen LogP contribution in [0.25, 0.3) is 0 Å². The summed E-state index contributed by atoms with van der Waals surface area (Å²) in [5.74, 6) is 3.57. The molecule has 1 atom stereocenters. The maximum atomic E-state index is 5.50. The minimum absolute atomic E-state index is 0.107. The van der Waals surface area contributed by atoms with Gasteiger partial charge in [-0.05, 0) is 31.0 Å². The van der Waals surface area contributed by atoms with E-state index in [2.05, 4.69) is 30.3 Å². The van der Waals surface area contributed by atoms with E-state index in [1.54, 1.807) is 0 Å². The zero-order valence-electron chi connectivity index (χ0n) is 9.99. The van der Waals surface area contributed by atoms with Crippen molar-refractivity contribution in [1.82, 2.24) is 5.32 Å². The number of ether oxygens (including phenoxy) is 1. The smallest absolute Gasteiger partial charge is 0.119 e. The summed E-state index contributed by atoms with van der Waals surface area (Å²) < 4.78 is 5.50. The molecule has 1 rings (SSSR count). The molecule has 0 saturated heterocycles. The molecule has 0 saturated carbocycles. The van der Waals surface area contributed by atoms with Gasteiger partial charge in [0.1, 0.15) is 5.75 Å². The molecule has 0 fully saturated rings. The van der Waals surface area contributed by atoms with E-state index in [1.165, 1.54) is 5.56 Å². The Hall–Kier alpha value is -1.46. The van der Waals surface area contributed by atoms with Gasteiger partial charge >= 0.3 is 0 Å². The third-order valence-corrected chi connectivity index (χ3v) is 2.26. The van der Waals surface area contributed by atoms with Gasteiger partial charge in [0.2, 0.25) is 0 Å². The van der Waals surface area contributed by atoms with Gasteiger partial charge in [0.15, 0.2) is 0 Å². The minimum Gasteiger partial charge on any atom is -0.494 e. The molecule has 0 spiro atoms. The Morgan fingerprint density at radius 1 is 1.38 bits per heavy atom. The summed E-state index contributed by atoms with van der Waals surface area (Å²) in [4.78, 5) is 0. The van der Waals surface area contributed by atoms with Crippen LogP contribution in [0.1, 0.15) is 25.8 Å². The Morgan fingerprint density at radius 3 is 2.62 bits per heavy atom. The van der Waals surface area contributed by atoms with Crippen molar-refractivity contribution in [2.24, 2.45) is 0 Å². The first-order chi connectivity index (χ1) is 7.76. The van der Waals surface area contributed by atoms with E-state index in [-0.39, 0.29) is 6.04 Å². The Balaban J connectivity index is 2.42. The highest BCUT2D eigenvalue weighted by Gasteiger charge is 1.97. The van der Waals surface area contributed by atoms with Gasteiger partial charge in [-0.25, -0.2) is 0 Å². The lowest BCUT2D eigenvalue weighted by Crippen LogP contribution is -2.23. The fourth-order valence-electron chi connectivity index (χ4n) is 1.25. The van der Waals surface area contributed by atoms with Crippen LogP contribution in [-0.4, -0.2) is 12.6 Å². The highest BCUT2D eigenvalue weighted by molar-refractivity contribution is 5.27. The van der Waals surface area contributed by atoms with Gasteiger partial charge in [0.05, 0.1) is 12.6 Å². The number of nitrogens with one attached hydrogen (secondary N) is 1. The predicted molar refractivity (Wildman–Crippen MR) is 67.4 cm³/mol. The van der Waals surface area contributed by atoms with Crippen LogP contribution < -0.4 is 10.1 Å². The van der Waals surface area contributed by atoms with E-state index in [1.807, 2.05) is 19.1 Å². The third-order valence-electron chi connectivity index (χ3n) is 2.26. The molecule has 0 bridgehead atoms. The van der Waals surface area contributed by atoms with Crippen molar-refractivity contribution < 1.29 is 4.74 Å². The molecule has 0 amide bonds. The third kappa shape index (κ3) is 4.37. The summed E-state index contributed by atoms with van der Waals surface area (Å²) in [6.07, 6.45) is 6.31. The number of hydrogen-bond acceptors (Lipinski definition) is 2. The van der Waals surface area contributed by atoms with E-state index in [0.717, 1.165) is 25.3 Å². The SMILES string of the molecule is C#CC(C)NCc1ccc(OCCC)cc1. The van der Waals surface area contributed by atoms with Crippen LogP contribution in [0.4, 0.5) is 0 Å². The molecular weight excluding hydrogens is 198 g/mol. The molecule has 0 aliphatic carbocycles. The fraction of sp³-hybridized carbons (Fsp3) is 0.429. The van der Waals surface area contributed by atoms with Crippen LogP contribution in [0, 0.1) is 12.3 Å². The Kier molecular flexibility index (Phi) is 5.45. The Morgan fingerprint density at radius 2 is 2.06 bits per heavy atom. The van der Waals surface area contributed by atoms with Crippen LogP contribution in [0.15, 0.2) is 24.3 Å². The molecular formula is C14H19NO. The van der Waals surface area contributed by atoms with Gasteiger partial charge in [0.25, 0.3) is 0 Å². The van der Waals surface area contributed by atoms with Gasteiger partial charge in [-0.3, -0.25) is 5.32 Å². The maximum Gasteiger partial charge on any atom is 0.119 e. The normalized spacial score (nSPS) is 11.8. The minimum atomic E-state index is 0.107. The molecule has 0 aliphatic heterocycles. The van der Waals surface area contributed by atoms with Gasteiger partial charge in [-0.1, -0.05) is 25.0 Å². The lowest BCUT2D eigenvalue weighted by atomic mass is 10.2. The average molecular weight is 217 g/mol.